The van der Waals surface area contributed by atoms with E-state index in [-0.39, 0.29) is 5.91 Å². The highest BCUT2D eigenvalue weighted by molar-refractivity contribution is 5.87. The van der Waals surface area contributed by atoms with E-state index in [2.05, 4.69) is 21.9 Å². The van der Waals surface area contributed by atoms with E-state index in [1.807, 2.05) is 24.0 Å². The molecule has 18 heavy (non-hydrogen) atoms. The summed E-state index contributed by atoms with van der Waals surface area (Å²) in [5.41, 5.74) is 1.23. The number of carbonyl (C=O) groups excluding carboxylic acids is 1. The molecule has 1 aromatic heterocycles. The van der Waals surface area contributed by atoms with Gasteiger partial charge >= 0.3 is 0 Å². The first-order valence-electron chi connectivity index (χ1n) is 6.31. The van der Waals surface area contributed by atoms with Crippen LogP contribution in [0.2, 0.25) is 0 Å². The van der Waals surface area contributed by atoms with Gasteiger partial charge in [0.15, 0.2) is 0 Å². The number of aromatic nitrogens is 2. The fourth-order valence-corrected chi connectivity index (χ4v) is 2.28. The number of nitrogens with one attached hydrogen (secondary N) is 1. The lowest BCUT2D eigenvalue weighted by molar-refractivity contribution is -0.117. The number of carbonyl (C=O) groups is 1. The zero-order valence-corrected chi connectivity index (χ0v) is 10.8. The summed E-state index contributed by atoms with van der Waals surface area (Å²) in [4.78, 5) is 13.6. The number of nitrogens with zero attached hydrogens (tertiary/aromatic N) is 3. The Balaban J connectivity index is 1.78. The first-order valence-corrected chi connectivity index (χ1v) is 6.31. The highest BCUT2D eigenvalue weighted by Crippen LogP contribution is 2.13. The Hall–Kier alpha value is -1.62. The largest absolute Gasteiger partial charge is 0.350 e. The zero-order valence-electron chi connectivity index (χ0n) is 10.8. The van der Waals surface area contributed by atoms with Crippen molar-refractivity contribution >= 4 is 5.91 Å². The summed E-state index contributed by atoms with van der Waals surface area (Å²) in [6.07, 6.45) is 5.16. The first kappa shape index (κ1) is 12.8. The highest BCUT2D eigenvalue weighted by atomic mass is 16.1. The van der Waals surface area contributed by atoms with E-state index in [9.17, 15) is 4.79 Å². The molecule has 98 valence electrons. The summed E-state index contributed by atoms with van der Waals surface area (Å²) >= 11 is 0. The van der Waals surface area contributed by atoms with Gasteiger partial charge in [0.05, 0.1) is 5.69 Å². The quantitative estimate of drug-likeness (QED) is 0.797. The van der Waals surface area contributed by atoms with Crippen molar-refractivity contribution in [3.63, 3.8) is 0 Å². The molecule has 1 N–H and O–H groups in total. The Labute approximate surface area is 107 Å². The van der Waals surface area contributed by atoms with Gasteiger partial charge in [-0.3, -0.25) is 14.4 Å². The van der Waals surface area contributed by atoms with E-state index in [0.717, 1.165) is 32.5 Å². The maximum absolute atomic E-state index is 11.2. The summed E-state index contributed by atoms with van der Waals surface area (Å²) in [6, 6.07) is 2.34. The number of amides is 1. The third kappa shape index (κ3) is 3.20. The van der Waals surface area contributed by atoms with Gasteiger partial charge in [0, 0.05) is 38.9 Å². The van der Waals surface area contributed by atoms with Gasteiger partial charge in [-0.1, -0.05) is 6.58 Å². The molecule has 1 aliphatic heterocycles. The van der Waals surface area contributed by atoms with Crippen molar-refractivity contribution in [2.24, 2.45) is 7.05 Å². The van der Waals surface area contributed by atoms with Gasteiger partial charge in [-0.15, -0.1) is 0 Å². The second-order valence-electron chi connectivity index (χ2n) is 4.71. The third-order valence-electron chi connectivity index (χ3n) is 3.43. The van der Waals surface area contributed by atoms with Crippen molar-refractivity contribution in [1.82, 2.24) is 20.0 Å². The van der Waals surface area contributed by atoms with E-state index in [0.29, 0.717) is 6.04 Å². The molecule has 0 aromatic carbocycles. The number of rotatable bonds is 4. The Bertz CT molecular complexity index is 418. The van der Waals surface area contributed by atoms with Gasteiger partial charge < -0.3 is 5.32 Å². The van der Waals surface area contributed by atoms with Crippen LogP contribution in [-0.4, -0.2) is 39.7 Å². The van der Waals surface area contributed by atoms with Gasteiger partial charge in [-0.05, 0) is 25.0 Å². The fourth-order valence-electron chi connectivity index (χ4n) is 2.28. The molecule has 2 rings (SSSR count). The molecular weight excluding hydrogens is 228 g/mol. The molecule has 1 fully saturated rings. The lowest BCUT2D eigenvalue weighted by atomic mass is 10.0. The summed E-state index contributed by atoms with van der Waals surface area (Å²) in [5, 5.41) is 7.13. The lowest BCUT2D eigenvalue weighted by Crippen LogP contribution is -2.44. The maximum atomic E-state index is 11.2. The second-order valence-corrected chi connectivity index (χ2v) is 4.71. The molecule has 1 aromatic rings. The standard InChI is InChI=1S/C13H20N4O/c1-3-13(18)15-11-5-8-17(9-6-11)10-12-4-7-14-16(12)2/h3-4,7,11H,1,5-6,8-10H2,2H3,(H,15,18). The van der Waals surface area contributed by atoms with E-state index in [1.54, 1.807) is 0 Å². The number of hydrogen-bond donors (Lipinski definition) is 1. The third-order valence-corrected chi connectivity index (χ3v) is 3.43. The van der Waals surface area contributed by atoms with Crippen LogP contribution in [0.4, 0.5) is 0 Å². The van der Waals surface area contributed by atoms with Gasteiger partial charge in [0.1, 0.15) is 0 Å². The van der Waals surface area contributed by atoms with Crippen LogP contribution < -0.4 is 5.32 Å². The monoisotopic (exact) mass is 248 g/mol. The van der Waals surface area contributed by atoms with Crippen molar-refractivity contribution in [2.75, 3.05) is 13.1 Å². The highest BCUT2D eigenvalue weighted by Gasteiger charge is 2.20. The second kappa shape index (κ2) is 5.82. The number of likely N-dealkylation sites (tertiary alicyclic amines) is 1. The van der Waals surface area contributed by atoms with Crippen LogP contribution in [0, 0.1) is 0 Å². The molecule has 1 aliphatic rings. The van der Waals surface area contributed by atoms with Crippen molar-refractivity contribution in [3.8, 4) is 0 Å². The average molecular weight is 248 g/mol. The minimum atomic E-state index is -0.0694. The summed E-state index contributed by atoms with van der Waals surface area (Å²) < 4.78 is 1.91. The van der Waals surface area contributed by atoms with Gasteiger partial charge in [-0.2, -0.15) is 5.10 Å². The topological polar surface area (TPSA) is 50.2 Å². The summed E-state index contributed by atoms with van der Waals surface area (Å²) in [6.45, 7) is 6.41. The Morgan fingerprint density at radius 1 is 1.61 bits per heavy atom. The average Bonchev–Trinajstić information content (AvgIpc) is 2.77. The van der Waals surface area contributed by atoms with E-state index < -0.39 is 0 Å². The Morgan fingerprint density at radius 2 is 2.33 bits per heavy atom. The summed E-state index contributed by atoms with van der Waals surface area (Å²) in [5.74, 6) is -0.0694. The van der Waals surface area contributed by atoms with Crippen LogP contribution in [-0.2, 0) is 18.4 Å². The van der Waals surface area contributed by atoms with E-state index in [1.165, 1.54) is 11.8 Å². The van der Waals surface area contributed by atoms with Crippen LogP contribution in [0.3, 0.4) is 0 Å². The number of hydrogen-bond acceptors (Lipinski definition) is 3. The molecule has 1 amide bonds. The van der Waals surface area contributed by atoms with E-state index in [4.69, 9.17) is 0 Å². The molecule has 0 bridgehead atoms. The first-order chi connectivity index (χ1) is 8.69. The molecule has 0 aliphatic carbocycles. The molecule has 2 heterocycles. The van der Waals surface area contributed by atoms with Crippen LogP contribution in [0.15, 0.2) is 24.9 Å². The summed E-state index contributed by atoms with van der Waals surface area (Å²) in [7, 11) is 1.96. The van der Waals surface area contributed by atoms with Gasteiger partial charge in [-0.25, -0.2) is 0 Å². The molecular formula is C13H20N4O. The molecule has 0 saturated carbocycles. The molecule has 0 spiro atoms. The Kier molecular flexibility index (Phi) is 4.15. The van der Waals surface area contributed by atoms with Crippen LogP contribution in [0.1, 0.15) is 18.5 Å². The van der Waals surface area contributed by atoms with Gasteiger partial charge in [0.25, 0.3) is 0 Å². The minimum absolute atomic E-state index is 0.0694. The fraction of sp³-hybridized carbons (Fsp3) is 0.538. The number of piperidine rings is 1. The van der Waals surface area contributed by atoms with Crippen LogP contribution in [0.5, 0.6) is 0 Å². The molecule has 5 nitrogen and oxygen atoms in total. The lowest BCUT2D eigenvalue weighted by Gasteiger charge is -2.32. The van der Waals surface area contributed by atoms with Crippen LogP contribution in [0.25, 0.3) is 0 Å². The maximum Gasteiger partial charge on any atom is 0.243 e. The normalized spacial score (nSPS) is 17.6. The van der Waals surface area contributed by atoms with Crippen LogP contribution >= 0.6 is 0 Å². The predicted octanol–water partition coefficient (Wildman–Crippen LogP) is 0.687. The number of aryl methyl sites for hydroxylation is 1. The smallest absolute Gasteiger partial charge is 0.243 e. The zero-order chi connectivity index (χ0) is 13.0. The molecule has 0 radical (unpaired) electrons. The van der Waals surface area contributed by atoms with E-state index >= 15 is 0 Å². The molecule has 1 saturated heterocycles. The molecule has 5 heteroatoms. The van der Waals surface area contributed by atoms with Crippen molar-refractivity contribution in [2.45, 2.75) is 25.4 Å². The van der Waals surface area contributed by atoms with Crippen molar-refractivity contribution in [1.29, 1.82) is 0 Å². The van der Waals surface area contributed by atoms with Crippen molar-refractivity contribution < 1.29 is 4.79 Å². The minimum Gasteiger partial charge on any atom is -0.350 e. The molecule has 0 unspecified atom stereocenters. The predicted molar refractivity (Wildman–Crippen MR) is 69.8 cm³/mol. The molecule has 0 atom stereocenters. The SMILES string of the molecule is C=CC(=O)NC1CCN(Cc2ccnn2C)CC1. The van der Waals surface area contributed by atoms with Gasteiger partial charge in [0.2, 0.25) is 5.91 Å². The Morgan fingerprint density at radius 3 is 2.89 bits per heavy atom. The van der Waals surface area contributed by atoms with Crippen molar-refractivity contribution in [3.05, 3.63) is 30.6 Å².